The molecule has 0 bridgehead atoms. The molecule has 32 heavy (non-hydrogen) atoms. The second-order valence-electron chi connectivity index (χ2n) is 8.97. The molecule has 0 radical (unpaired) electrons. The van der Waals surface area contributed by atoms with Crippen LogP contribution in [-0.2, 0) is 22.4 Å². The first kappa shape index (κ1) is 22.2. The summed E-state index contributed by atoms with van der Waals surface area (Å²) in [6.07, 6.45) is 6.76. The van der Waals surface area contributed by atoms with Crippen LogP contribution in [0.25, 0.3) is 11.4 Å². The van der Waals surface area contributed by atoms with E-state index < -0.39 is 0 Å². The molecule has 1 fully saturated rings. The number of benzene rings is 1. The van der Waals surface area contributed by atoms with Crippen LogP contribution >= 0.6 is 0 Å². The van der Waals surface area contributed by atoms with Crippen molar-refractivity contribution in [1.29, 1.82) is 0 Å². The number of aryl methyl sites for hydroxylation is 1. The number of amides is 2. The van der Waals surface area contributed by atoms with Crippen molar-refractivity contribution in [1.82, 2.24) is 19.8 Å². The third-order valence-corrected chi connectivity index (χ3v) is 6.68. The Bertz CT molecular complexity index is 1010. The lowest BCUT2D eigenvalue weighted by Gasteiger charge is -2.26. The highest BCUT2D eigenvalue weighted by molar-refractivity contribution is 5.85. The first-order valence-corrected chi connectivity index (χ1v) is 11.7. The van der Waals surface area contributed by atoms with Gasteiger partial charge in [0.15, 0.2) is 0 Å². The molecule has 0 spiro atoms. The average molecular weight is 437 g/mol. The van der Waals surface area contributed by atoms with Crippen LogP contribution in [0, 0.1) is 5.92 Å². The van der Waals surface area contributed by atoms with E-state index in [2.05, 4.69) is 4.98 Å². The normalized spacial score (nSPS) is 18.9. The van der Waals surface area contributed by atoms with Crippen molar-refractivity contribution in [3.63, 3.8) is 0 Å². The number of carbonyl (C=O) groups excluding carboxylic acids is 2. The lowest BCUT2D eigenvalue weighted by Crippen LogP contribution is -2.43. The van der Waals surface area contributed by atoms with E-state index >= 15 is 0 Å². The van der Waals surface area contributed by atoms with Crippen LogP contribution < -0.4 is 5.56 Å². The van der Waals surface area contributed by atoms with Crippen molar-refractivity contribution in [2.45, 2.75) is 51.4 Å². The van der Waals surface area contributed by atoms with Gasteiger partial charge in [0, 0.05) is 37.2 Å². The molecular formula is C25H32N4O3. The molecule has 1 N–H and O–H groups in total. The van der Waals surface area contributed by atoms with Gasteiger partial charge in [0.2, 0.25) is 11.8 Å². The van der Waals surface area contributed by atoms with Crippen LogP contribution in [0.4, 0.5) is 0 Å². The van der Waals surface area contributed by atoms with Gasteiger partial charge in [-0.1, -0.05) is 43.2 Å². The zero-order valence-electron chi connectivity index (χ0n) is 18.8. The van der Waals surface area contributed by atoms with Gasteiger partial charge in [-0.2, -0.15) is 0 Å². The molecule has 4 rings (SSSR count). The number of aromatic nitrogens is 2. The number of aromatic amines is 1. The molecule has 1 aromatic carbocycles. The van der Waals surface area contributed by atoms with Crippen molar-refractivity contribution in [2.75, 3.05) is 26.7 Å². The number of fused-ring (bicyclic) bond motifs is 1. The summed E-state index contributed by atoms with van der Waals surface area (Å²) in [5, 5.41) is 0. The highest BCUT2D eigenvalue weighted by Gasteiger charge is 2.28. The highest BCUT2D eigenvalue weighted by Crippen LogP contribution is 2.25. The quantitative estimate of drug-likeness (QED) is 0.747. The summed E-state index contributed by atoms with van der Waals surface area (Å²) < 4.78 is 0. The molecule has 170 valence electrons. The largest absolute Gasteiger partial charge is 0.341 e. The van der Waals surface area contributed by atoms with Gasteiger partial charge in [-0.3, -0.25) is 14.4 Å². The number of likely N-dealkylation sites (tertiary alicyclic amines) is 1. The third kappa shape index (κ3) is 5.09. The number of hydrogen-bond acceptors (Lipinski definition) is 4. The number of H-pyrrole nitrogens is 1. The predicted molar refractivity (Wildman–Crippen MR) is 123 cm³/mol. The molecule has 2 aliphatic rings. The van der Waals surface area contributed by atoms with Gasteiger partial charge >= 0.3 is 0 Å². The molecule has 1 saturated heterocycles. The Labute approximate surface area is 188 Å². The summed E-state index contributed by atoms with van der Waals surface area (Å²) in [4.78, 5) is 49.6. The van der Waals surface area contributed by atoms with Crippen molar-refractivity contribution in [3.05, 3.63) is 51.9 Å². The second-order valence-corrected chi connectivity index (χ2v) is 8.97. The summed E-state index contributed by atoms with van der Waals surface area (Å²) >= 11 is 0. The number of nitrogens with one attached hydrogen (secondary N) is 1. The summed E-state index contributed by atoms with van der Waals surface area (Å²) in [7, 11) is 1.72. The fourth-order valence-electron chi connectivity index (χ4n) is 4.78. The van der Waals surface area contributed by atoms with Crippen LogP contribution in [0.15, 0.2) is 35.1 Å². The summed E-state index contributed by atoms with van der Waals surface area (Å²) in [5.41, 5.74) is 2.22. The van der Waals surface area contributed by atoms with Gasteiger partial charge in [-0.05, 0) is 38.5 Å². The molecule has 7 heteroatoms. The fourth-order valence-corrected chi connectivity index (χ4v) is 4.78. The van der Waals surface area contributed by atoms with Gasteiger partial charge in [0.25, 0.3) is 5.56 Å². The number of hydrogen-bond donors (Lipinski definition) is 1. The van der Waals surface area contributed by atoms with Gasteiger partial charge in [0.1, 0.15) is 5.82 Å². The predicted octanol–water partition coefficient (Wildman–Crippen LogP) is 2.79. The van der Waals surface area contributed by atoms with Gasteiger partial charge in [0.05, 0.1) is 12.2 Å². The Balaban J connectivity index is 1.41. The van der Waals surface area contributed by atoms with E-state index in [1.165, 1.54) is 12.8 Å². The number of likely N-dealkylation sites (N-methyl/N-ethyl adjacent to an activating group) is 1. The molecule has 1 aliphatic heterocycles. The second kappa shape index (κ2) is 10.1. The van der Waals surface area contributed by atoms with E-state index in [0.29, 0.717) is 37.1 Å². The first-order valence-electron chi connectivity index (χ1n) is 11.7. The lowest BCUT2D eigenvalue weighted by molar-refractivity contribution is -0.142. The van der Waals surface area contributed by atoms with Crippen LogP contribution in [0.3, 0.4) is 0 Å². The topological polar surface area (TPSA) is 86.4 Å². The molecule has 1 atom stereocenters. The molecule has 2 amide bonds. The summed E-state index contributed by atoms with van der Waals surface area (Å²) in [5.74, 6) is 0.385. The molecule has 7 nitrogen and oxygen atoms in total. The van der Waals surface area contributed by atoms with E-state index in [1.807, 2.05) is 35.2 Å². The van der Waals surface area contributed by atoms with Crippen LogP contribution in [-0.4, -0.2) is 58.3 Å². The number of nitrogens with zero attached hydrogens (tertiary/aromatic N) is 3. The SMILES string of the molecule is CN(CC(=O)N1CCCCCC1)C(=O)C1CCc2nc(-c3ccccc3)[nH]c(=O)c2CC1. The van der Waals surface area contributed by atoms with E-state index in [-0.39, 0.29) is 29.8 Å². The Morgan fingerprint density at radius 3 is 2.47 bits per heavy atom. The minimum Gasteiger partial charge on any atom is -0.341 e. The van der Waals surface area contributed by atoms with E-state index in [4.69, 9.17) is 4.98 Å². The maximum atomic E-state index is 13.1. The monoisotopic (exact) mass is 436 g/mol. The molecule has 1 aliphatic carbocycles. The fraction of sp³-hybridized carbons (Fsp3) is 0.520. The van der Waals surface area contributed by atoms with Crippen molar-refractivity contribution < 1.29 is 9.59 Å². The zero-order valence-corrected chi connectivity index (χ0v) is 18.8. The Morgan fingerprint density at radius 2 is 1.75 bits per heavy atom. The van der Waals surface area contributed by atoms with Crippen LogP contribution in [0.2, 0.25) is 0 Å². The Morgan fingerprint density at radius 1 is 1.06 bits per heavy atom. The maximum Gasteiger partial charge on any atom is 0.254 e. The number of carbonyl (C=O) groups is 2. The van der Waals surface area contributed by atoms with Crippen LogP contribution in [0.1, 0.15) is 49.8 Å². The Kier molecular flexibility index (Phi) is 7.02. The summed E-state index contributed by atoms with van der Waals surface area (Å²) in [6, 6.07) is 9.60. The third-order valence-electron chi connectivity index (χ3n) is 6.68. The molecule has 2 heterocycles. The first-order chi connectivity index (χ1) is 15.5. The summed E-state index contributed by atoms with van der Waals surface area (Å²) in [6.45, 7) is 1.70. The molecule has 2 aromatic rings. The molecular weight excluding hydrogens is 404 g/mol. The van der Waals surface area contributed by atoms with Crippen molar-refractivity contribution >= 4 is 11.8 Å². The standard InChI is InChI=1S/C25H32N4O3/c1-28(17-22(30)29-15-7-2-3-8-16-29)25(32)19-11-13-20-21(14-12-19)26-23(27-24(20)31)18-9-5-4-6-10-18/h4-6,9-10,19H,2-3,7-8,11-17H2,1H3,(H,26,27,31). The average Bonchev–Trinajstić information content (AvgIpc) is 3.21. The minimum absolute atomic E-state index is 0.0133. The van der Waals surface area contributed by atoms with E-state index in [1.54, 1.807) is 11.9 Å². The van der Waals surface area contributed by atoms with E-state index in [0.717, 1.165) is 37.2 Å². The number of rotatable bonds is 4. The maximum absolute atomic E-state index is 13.1. The van der Waals surface area contributed by atoms with Gasteiger partial charge in [-0.15, -0.1) is 0 Å². The molecule has 1 unspecified atom stereocenters. The zero-order chi connectivity index (χ0) is 22.5. The Hall–Kier alpha value is -2.96. The lowest BCUT2D eigenvalue weighted by atomic mass is 9.98. The van der Waals surface area contributed by atoms with Gasteiger partial charge in [-0.25, -0.2) is 4.98 Å². The molecule has 1 aromatic heterocycles. The van der Waals surface area contributed by atoms with Crippen LogP contribution in [0.5, 0.6) is 0 Å². The highest BCUT2D eigenvalue weighted by atomic mass is 16.2. The van der Waals surface area contributed by atoms with Gasteiger partial charge < -0.3 is 14.8 Å². The van der Waals surface area contributed by atoms with E-state index in [9.17, 15) is 14.4 Å². The van der Waals surface area contributed by atoms with Crippen molar-refractivity contribution in [3.8, 4) is 11.4 Å². The smallest absolute Gasteiger partial charge is 0.254 e. The minimum atomic E-state index is -0.203. The van der Waals surface area contributed by atoms with Crippen molar-refractivity contribution in [2.24, 2.45) is 5.92 Å². The molecule has 0 saturated carbocycles.